The summed E-state index contributed by atoms with van der Waals surface area (Å²) in [6.07, 6.45) is 0. The quantitative estimate of drug-likeness (QED) is 0.923. The molecule has 0 aromatic heterocycles. The van der Waals surface area contributed by atoms with Gasteiger partial charge in [0.25, 0.3) is 0 Å². The Kier molecular flexibility index (Phi) is 4.35. The fourth-order valence-electron chi connectivity index (χ4n) is 3.14. The van der Waals surface area contributed by atoms with Gasteiger partial charge in [0, 0.05) is 30.9 Å². The maximum Gasteiger partial charge on any atom is 0.126 e. The molecule has 4 heteroatoms. The van der Waals surface area contributed by atoms with E-state index in [1.165, 1.54) is 0 Å². The van der Waals surface area contributed by atoms with Crippen LogP contribution >= 0.6 is 0 Å². The number of rotatable bonds is 3. The SMILES string of the molecule is Cc1cc(N2CC(C)C(N(C)C)C2)c(C(C)N)cc1F. The van der Waals surface area contributed by atoms with E-state index in [2.05, 4.69) is 30.8 Å². The second-order valence-corrected chi connectivity index (χ2v) is 6.36. The molecule has 0 bridgehead atoms. The molecule has 1 aromatic carbocycles. The average Bonchev–Trinajstić information content (AvgIpc) is 2.74. The lowest BCUT2D eigenvalue weighted by Crippen LogP contribution is -2.34. The standard InChI is InChI=1S/C16H26FN3/c1-10-6-15(13(12(3)18)7-14(10)17)20-8-11(2)16(9-20)19(4)5/h6-7,11-12,16H,8-9,18H2,1-5H3. The fraction of sp³-hybridized carbons (Fsp3) is 0.625. The Hall–Kier alpha value is -1.13. The molecule has 1 saturated heterocycles. The Morgan fingerprint density at radius 2 is 2.00 bits per heavy atom. The van der Waals surface area contributed by atoms with Crippen LogP contribution in [0.3, 0.4) is 0 Å². The zero-order valence-electron chi connectivity index (χ0n) is 13.2. The molecule has 0 radical (unpaired) electrons. The van der Waals surface area contributed by atoms with Gasteiger partial charge in [-0.1, -0.05) is 6.92 Å². The van der Waals surface area contributed by atoms with Crippen molar-refractivity contribution in [2.75, 3.05) is 32.1 Å². The van der Waals surface area contributed by atoms with Crippen LogP contribution in [0.2, 0.25) is 0 Å². The Morgan fingerprint density at radius 1 is 1.35 bits per heavy atom. The lowest BCUT2D eigenvalue weighted by atomic mass is 10.0. The molecule has 0 saturated carbocycles. The highest BCUT2D eigenvalue weighted by molar-refractivity contribution is 5.58. The van der Waals surface area contributed by atoms with Crippen LogP contribution in [-0.2, 0) is 0 Å². The van der Waals surface area contributed by atoms with E-state index in [1.807, 2.05) is 19.9 Å². The Bertz CT molecular complexity index is 485. The van der Waals surface area contributed by atoms with Crippen molar-refractivity contribution in [2.45, 2.75) is 32.9 Å². The summed E-state index contributed by atoms with van der Waals surface area (Å²) in [7, 11) is 4.24. The van der Waals surface area contributed by atoms with E-state index in [0.29, 0.717) is 17.5 Å². The first-order valence-corrected chi connectivity index (χ1v) is 7.28. The van der Waals surface area contributed by atoms with Crippen LogP contribution in [0, 0.1) is 18.7 Å². The maximum atomic E-state index is 13.8. The van der Waals surface area contributed by atoms with Gasteiger partial charge in [-0.15, -0.1) is 0 Å². The molecule has 0 spiro atoms. The first-order valence-electron chi connectivity index (χ1n) is 7.28. The minimum Gasteiger partial charge on any atom is -0.369 e. The minimum atomic E-state index is -0.169. The van der Waals surface area contributed by atoms with Crippen LogP contribution in [-0.4, -0.2) is 38.1 Å². The van der Waals surface area contributed by atoms with Gasteiger partial charge < -0.3 is 15.5 Å². The molecule has 2 rings (SSSR count). The van der Waals surface area contributed by atoms with Crippen molar-refractivity contribution in [3.05, 3.63) is 29.1 Å². The van der Waals surface area contributed by atoms with Gasteiger partial charge in [0.2, 0.25) is 0 Å². The van der Waals surface area contributed by atoms with E-state index >= 15 is 0 Å². The molecule has 0 amide bonds. The molecule has 1 heterocycles. The summed E-state index contributed by atoms with van der Waals surface area (Å²) in [4.78, 5) is 4.62. The highest BCUT2D eigenvalue weighted by atomic mass is 19.1. The van der Waals surface area contributed by atoms with Crippen molar-refractivity contribution in [1.29, 1.82) is 0 Å². The Labute approximate surface area is 121 Å². The second kappa shape index (κ2) is 5.70. The normalized spacial score (nSPS) is 24.5. The molecule has 3 nitrogen and oxygen atoms in total. The molecule has 1 fully saturated rings. The monoisotopic (exact) mass is 279 g/mol. The van der Waals surface area contributed by atoms with Gasteiger partial charge in [-0.2, -0.15) is 0 Å². The molecule has 2 N–H and O–H groups in total. The summed E-state index contributed by atoms with van der Waals surface area (Å²) in [5.41, 5.74) is 8.71. The molecular formula is C16H26FN3. The summed E-state index contributed by atoms with van der Waals surface area (Å²) in [6.45, 7) is 7.96. The number of halogens is 1. The van der Waals surface area contributed by atoms with Crippen molar-refractivity contribution in [3.8, 4) is 0 Å². The number of hydrogen-bond acceptors (Lipinski definition) is 3. The van der Waals surface area contributed by atoms with Gasteiger partial charge in [0.15, 0.2) is 0 Å². The van der Waals surface area contributed by atoms with Crippen LogP contribution in [0.5, 0.6) is 0 Å². The molecule has 112 valence electrons. The van der Waals surface area contributed by atoms with Crippen molar-refractivity contribution in [2.24, 2.45) is 11.7 Å². The summed E-state index contributed by atoms with van der Waals surface area (Å²) in [6, 6.07) is 3.91. The number of nitrogens with zero attached hydrogens (tertiary/aromatic N) is 2. The largest absolute Gasteiger partial charge is 0.369 e. The third-order valence-electron chi connectivity index (χ3n) is 4.38. The van der Waals surface area contributed by atoms with Crippen LogP contribution in [0.4, 0.5) is 10.1 Å². The highest BCUT2D eigenvalue weighted by Crippen LogP contribution is 2.33. The van der Waals surface area contributed by atoms with E-state index in [9.17, 15) is 4.39 Å². The Morgan fingerprint density at radius 3 is 2.50 bits per heavy atom. The number of aryl methyl sites for hydroxylation is 1. The molecule has 3 atom stereocenters. The number of benzene rings is 1. The van der Waals surface area contributed by atoms with Gasteiger partial charge >= 0.3 is 0 Å². The minimum absolute atomic E-state index is 0.159. The summed E-state index contributed by atoms with van der Waals surface area (Å²) in [5, 5.41) is 0. The van der Waals surface area contributed by atoms with Crippen LogP contribution in [0.15, 0.2) is 12.1 Å². The van der Waals surface area contributed by atoms with Crippen LogP contribution < -0.4 is 10.6 Å². The zero-order valence-corrected chi connectivity index (χ0v) is 13.2. The van der Waals surface area contributed by atoms with Gasteiger partial charge in [0.1, 0.15) is 5.82 Å². The molecule has 20 heavy (non-hydrogen) atoms. The van der Waals surface area contributed by atoms with E-state index in [1.54, 1.807) is 6.07 Å². The smallest absolute Gasteiger partial charge is 0.126 e. The maximum absolute atomic E-state index is 13.8. The summed E-state index contributed by atoms with van der Waals surface area (Å²) in [5.74, 6) is 0.425. The fourth-order valence-corrected chi connectivity index (χ4v) is 3.14. The van der Waals surface area contributed by atoms with Crippen molar-refractivity contribution < 1.29 is 4.39 Å². The van der Waals surface area contributed by atoms with E-state index in [4.69, 9.17) is 5.73 Å². The summed E-state index contributed by atoms with van der Waals surface area (Å²) >= 11 is 0. The predicted molar refractivity (Wildman–Crippen MR) is 82.6 cm³/mol. The summed E-state index contributed by atoms with van der Waals surface area (Å²) < 4.78 is 13.8. The van der Waals surface area contributed by atoms with Gasteiger partial charge in [0.05, 0.1) is 0 Å². The first-order chi connectivity index (χ1) is 9.31. The molecule has 1 aromatic rings. The third-order valence-corrected chi connectivity index (χ3v) is 4.38. The molecule has 1 aliphatic rings. The predicted octanol–water partition coefficient (Wildman–Crippen LogP) is 2.54. The molecule has 0 aliphatic carbocycles. The highest BCUT2D eigenvalue weighted by Gasteiger charge is 2.32. The number of likely N-dealkylation sites (N-methyl/N-ethyl adjacent to an activating group) is 1. The van der Waals surface area contributed by atoms with E-state index in [-0.39, 0.29) is 11.9 Å². The molecule has 1 aliphatic heterocycles. The topological polar surface area (TPSA) is 32.5 Å². The van der Waals surface area contributed by atoms with Gasteiger partial charge in [-0.05, 0) is 57.1 Å². The number of hydrogen-bond donors (Lipinski definition) is 1. The third kappa shape index (κ3) is 2.81. The van der Waals surface area contributed by atoms with Gasteiger partial charge in [-0.25, -0.2) is 4.39 Å². The number of nitrogens with two attached hydrogens (primary N) is 1. The lowest BCUT2D eigenvalue weighted by Gasteiger charge is -2.26. The van der Waals surface area contributed by atoms with Crippen molar-refractivity contribution in [3.63, 3.8) is 0 Å². The molecule has 3 unspecified atom stereocenters. The zero-order chi connectivity index (χ0) is 15.0. The van der Waals surface area contributed by atoms with Crippen molar-refractivity contribution in [1.82, 2.24) is 4.90 Å². The van der Waals surface area contributed by atoms with E-state index in [0.717, 1.165) is 24.3 Å². The lowest BCUT2D eigenvalue weighted by molar-refractivity contribution is 0.266. The average molecular weight is 279 g/mol. The first kappa shape index (κ1) is 15.3. The van der Waals surface area contributed by atoms with Gasteiger partial charge in [-0.3, -0.25) is 0 Å². The second-order valence-electron chi connectivity index (χ2n) is 6.36. The van der Waals surface area contributed by atoms with Crippen LogP contribution in [0.25, 0.3) is 0 Å². The van der Waals surface area contributed by atoms with E-state index < -0.39 is 0 Å². The van der Waals surface area contributed by atoms with Crippen LogP contribution in [0.1, 0.15) is 31.0 Å². The molecular weight excluding hydrogens is 253 g/mol. The Balaban J connectivity index is 2.36. The number of anilines is 1. The van der Waals surface area contributed by atoms with Crippen molar-refractivity contribution >= 4 is 5.69 Å².